The number of carbonyl (C=O) groups is 1. The first kappa shape index (κ1) is 13.4. The first-order chi connectivity index (χ1) is 10.1. The molecule has 0 fully saturated rings. The molecular formula is C17H16N2O2. The predicted octanol–water partition coefficient (Wildman–Crippen LogP) is 3.72. The first-order valence-corrected chi connectivity index (χ1v) is 6.86. The van der Waals surface area contributed by atoms with Crippen molar-refractivity contribution in [2.75, 3.05) is 0 Å². The number of aromatic nitrogens is 1. The Balaban J connectivity index is 2.31. The Morgan fingerprint density at radius 2 is 1.86 bits per heavy atom. The number of carbonyl (C=O) groups excluding carboxylic acids is 1. The van der Waals surface area contributed by atoms with E-state index in [-0.39, 0.29) is 5.92 Å². The molecule has 0 unspecified atom stereocenters. The Morgan fingerprint density at radius 3 is 2.48 bits per heavy atom. The van der Waals surface area contributed by atoms with Gasteiger partial charge < -0.3 is 10.2 Å². The van der Waals surface area contributed by atoms with E-state index < -0.39 is 5.91 Å². The monoisotopic (exact) mass is 280 g/mol. The molecule has 4 heteroatoms. The van der Waals surface area contributed by atoms with Crippen LogP contribution in [0.1, 0.15) is 36.0 Å². The Hall–Kier alpha value is -2.62. The molecule has 2 aromatic carbocycles. The van der Waals surface area contributed by atoms with Crippen LogP contribution in [0.5, 0.6) is 0 Å². The molecule has 0 aliphatic rings. The zero-order valence-corrected chi connectivity index (χ0v) is 12.0. The van der Waals surface area contributed by atoms with Crippen LogP contribution in [0.3, 0.4) is 0 Å². The highest BCUT2D eigenvalue weighted by Gasteiger charge is 2.19. The summed E-state index contributed by atoms with van der Waals surface area (Å²) in [5.41, 5.74) is 8.83. The zero-order valence-electron chi connectivity index (χ0n) is 12.0. The van der Waals surface area contributed by atoms with E-state index in [4.69, 9.17) is 10.2 Å². The van der Waals surface area contributed by atoms with Gasteiger partial charge in [-0.2, -0.15) is 0 Å². The lowest BCUT2D eigenvalue weighted by Gasteiger charge is -2.06. The van der Waals surface area contributed by atoms with Crippen LogP contribution in [0.2, 0.25) is 0 Å². The second kappa shape index (κ2) is 5.05. The number of oxazole rings is 1. The SMILES string of the molecule is CC(C)c1nc2c(C(N)=O)c(-c3ccccc3)ccc2o1. The normalized spacial score (nSPS) is 11.2. The average molecular weight is 280 g/mol. The van der Waals surface area contributed by atoms with Crippen LogP contribution in [0.15, 0.2) is 46.9 Å². The Morgan fingerprint density at radius 1 is 1.14 bits per heavy atom. The molecule has 0 radical (unpaired) electrons. The van der Waals surface area contributed by atoms with Gasteiger partial charge >= 0.3 is 0 Å². The van der Waals surface area contributed by atoms with E-state index >= 15 is 0 Å². The Kier molecular flexibility index (Phi) is 3.22. The minimum atomic E-state index is -0.497. The number of benzene rings is 2. The molecule has 3 aromatic rings. The fourth-order valence-electron chi connectivity index (χ4n) is 2.37. The summed E-state index contributed by atoms with van der Waals surface area (Å²) in [6, 6.07) is 13.3. The molecule has 1 heterocycles. The fourth-order valence-corrected chi connectivity index (χ4v) is 2.37. The number of amides is 1. The van der Waals surface area contributed by atoms with Crippen molar-refractivity contribution in [3.63, 3.8) is 0 Å². The van der Waals surface area contributed by atoms with Crippen molar-refractivity contribution in [2.45, 2.75) is 19.8 Å². The van der Waals surface area contributed by atoms with Gasteiger partial charge in [0.05, 0.1) is 5.56 Å². The van der Waals surface area contributed by atoms with Crippen molar-refractivity contribution in [3.8, 4) is 11.1 Å². The van der Waals surface area contributed by atoms with E-state index in [2.05, 4.69) is 4.98 Å². The molecule has 0 atom stereocenters. The van der Waals surface area contributed by atoms with Crippen molar-refractivity contribution in [1.29, 1.82) is 0 Å². The van der Waals surface area contributed by atoms with Gasteiger partial charge in [-0.3, -0.25) is 4.79 Å². The molecule has 1 aromatic heterocycles. The highest BCUT2D eigenvalue weighted by atomic mass is 16.3. The van der Waals surface area contributed by atoms with Crippen LogP contribution in [0.25, 0.3) is 22.2 Å². The van der Waals surface area contributed by atoms with Crippen LogP contribution in [0, 0.1) is 0 Å². The van der Waals surface area contributed by atoms with Gasteiger partial charge in [0.2, 0.25) is 0 Å². The molecule has 3 rings (SSSR count). The summed E-state index contributed by atoms with van der Waals surface area (Å²) in [4.78, 5) is 16.4. The van der Waals surface area contributed by atoms with Gasteiger partial charge in [-0.1, -0.05) is 44.2 Å². The number of hydrogen-bond acceptors (Lipinski definition) is 3. The number of rotatable bonds is 3. The molecule has 1 amide bonds. The summed E-state index contributed by atoms with van der Waals surface area (Å²) in [5.74, 6) is 0.263. The Bertz CT molecular complexity index is 804. The third-order valence-corrected chi connectivity index (χ3v) is 3.40. The molecule has 4 nitrogen and oxygen atoms in total. The molecule has 0 saturated heterocycles. The van der Waals surface area contributed by atoms with Crippen LogP contribution in [-0.4, -0.2) is 10.9 Å². The molecule has 0 saturated carbocycles. The minimum absolute atomic E-state index is 0.151. The van der Waals surface area contributed by atoms with Gasteiger partial charge in [-0.15, -0.1) is 0 Å². The van der Waals surface area contributed by atoms with E-state index in [0.29, 0.717) is 22.6 Å². The van der Waals surface area contributed by atoms with Crippen molar-refractivity contribution >= 4 is 17.0 Å². The lowest BCUT2D eigenvalue weighted by molar-refractivity contribution is 0.100. The maximum absolute atomic E-state index is 11.9. The van der Waals surface area contributed by atoms with E-state index in [1.807, 2.05) is 56.3 Å². The van der Waals surface area contributed by atoms with Crippen LogP contribution in [-0.2, 0) is 0 Å². The molecule has 0 aliphatic heterocycles. The fraction of sp³-hybridized carbons (Fsp3) is 0.176. The average Bonchev–Trinajstić information content (AvgIpc) is 2.91. The molecule has 0 aliphatic carbocycles. The number of nitrogens with zero attached hydrogens (tertiary/aromatic N) is 1. The lowest BCUT2D eigenvalue weighted by Crippen LogP contribution is -2.13. The lowest BCUT2D eigenvalue weighted by atomic mass is 9.98. The maximum atomic E-state index is 11.9. The van der Waals surface area contributed by atoms with Gasteiger partial charge in [-0.25, -0.2) is 4.98 Å². The zero-order chi connectivity index (χ0) is 15.0. The quantitative estimate of drug-likeness (QED) is 0.795. The van der Waals surface area contributed by atoms with Gasteiger partial charge in [0, 0.05) is 5.92 Å². The predicted molar refractivity (Wildman–Crippen MR) is 82.1 cm³/mol. The topological polar surface area (TPSA) is 69.1 Å². The summed E-state index contributed by atoms with van der Waals surface area (Å²) in [7, 11) is 0. The summed E-state index contributed by atoms with van der Waals surface area (Å²) in [6.07, 6.45) is 0. The molecule has 2 N–H and O–H groups in total. The van der Waals surface area contributed by atoms with Gasteiger partial charge in [0.15, 0.2) is 11.5 Å². The van der Waals surface area contributed by atoms with E-state index in [0.717, 1.165) is 11.1 Å². The smallest absolute Gasteiger partial charge is 0.251 e. The van der Waals surface area contributed by atoms with Crippen LogP contribution >= 0.6 is 0 Å². The van der Waals surface area contributed by atoms with Crippen molar-refractivity contribution < 1.29 is 9.21 Å². The third-order valence-electron chi connectivity index (χ3n) is 3.40. The van der Waals surface area contributed by atoms with E-state index in [1.165, 1.54) is 0 Å². The molecule has 0 spiro atoms. The standard InChI is InChI=1S/C17H16N2O2/c1-10(2)17-19-15-13(21-17)9-8-12(14(15)16(18)20)11-6-4-3-5-7-11/h3-10H,1-2H3,(H2,18,20). The third kappa shape index (κ3) is 2.29. The second-order valence-electron chi connectivity index (χ2n) is 5.27. The number of hydrogen-bond donors (Lipinski definition) is 1. The van der Waals surface area contributed by atoms with Gasteiger partial charge in [0.25, 0.3) is 5.91 Å². The first-order valence-electron chi connectivity index (χ1n) is 6.86. The summed E-state index contributed by atoms with van der Waals surface area (Å²) >= 11 is 0. The van der Waals surface area contributed by atoms with E-state index in [1.54, 1.807) is 0 Å². The largest absolute Gasteiger partial charge is 0.440 e. The van der Waals surface area contributed by atoms with Crippen molar-refractivity contribution in [3.05, 3.63) is 53.9 Å². The molecule has 106 valence electrons. The summed E-state index contributed by atoms with van der Waals surface area (Å²) < 4.78 is 5.69. The van der Waals surface area contributed by atoms with Crippen LogP contribution < -0.4 is 5.73 Å². The molecule has 0 bridgehead atoms. The number of nitrogens with two attached hydrogens (primary N) is 1. The van der Waals surface area contributed by atoms with Crippen molar-refractivity contribution in [1.82, 2.24) is 4.98 Å². The summed E-state index contributed by atoms with van der Waals surface area (Å²) in [6.45, 7) is 3.99. The van der Waals surface area contributed by atoms with E-state index in [9.17, 15) is 4.79 Å². The second-order valence-corrected chi connectivity index (χ2v) is 5.27. The maximum Gasteiger partial charge on any atom is 0.251 e. The van der Waals surface area contributed by atoms with Crippen LogP contribution in [0.4, 0.5) is 0 Å². The Labute approximate surface area is 122 Å². The number of primary amides is 1. The van der Waals surface area contributed by atoms with Gasteiger partial charge in [-0.05, 0) is 23.3 Å². The van der Waals surface area contributed by atoms with Crippen molar-refractivity contribution in [2.24, 2.45) is 5.73 Å². The van der Waals surface area contributed by atoms with Gasteiger partial charge in [0.1, 0.15) is 5.52 Å². The molecular weight excluding hydrogens is 264 g/mol. The highest BCUT2D eigenvalue weighted by molar-refractivity contribution is 6.09. The summed E-state index contributed by atoms with van der Waals surface area (Å²) in [5, 5.41) is 0. The highest BCUT2D eigenvalue weighted by Crippen LogP contribution is 2.31. The minimum Gasteiger partial charge on any atom is -0.440 e. The molecule has 21 heavy (non-hydrogen) atoms. The number of fused-ring (bicyclic) bond motifs is 1.